The van der Waals surface area contributed by atoms with Crippen LogP contribution in [0.15, 0.2) is 24.3 Å². The number of nitrogens with one attached hydrogen (secondary N) is 1. The van der Waals surface area contributed by atoms with Crippen LogP contribution < -0.4 is 15.8 Å². The molecule has 3 unspecified atom stereocenters. The Morgan fingerprint density at radius 3 is 2.69 bits per heavy atom. The van der Waals surface area contributed by atoms with Gasteiger partial charge >= 0.3 is 0 Å². The van der Waals surface area contributed by atoms with E-state index in [1.54, 1.807) is 18.4 Å². The fourth-order valence-electron chi connectivity index (χ4n) is 4.48. The molecule has 1 saturated carbocycles. The number of methoxy groups -OCH3 is 1. The third-order valence-electron chi connectivity index (χ3n) is 6.17. The smallest absolute Gasteiger partial charge is 0.225 e. The highest BCUT2D eigenvalue weighted by Gasteiger charge is 2.39. The van der Waals surface area contributed by atoms with Gasteiger partial charge in [-0.05, 0) is 63.3 Å². The number of thiazole rings is 1. The van der Waals surface area contributed by atoms with Crippen molar-refractivity contribution in [2.45, 2.75) is 63.5 Å². The minimum Gasteiger partial charge on any atom is -0.497 e. The molecular formula is C22H30ClN3O2S. The molecule has 29 heavy (non-hydrogen) atoms. The fourth-order valence-corrected chi connectivity index (χ4v) is 5.68. The first-order chi connectivity index (χ1) is 13.5. The van der Waals surface area contributed by atoms with Crippen molar-refractivity contribution in [2.24, 2.45) is 11.7 Å². The van der Waals surface area contributed by atoms with E-state index in [0.29, 0.717) is 0 Å². The second-order valence-corrected chi connectivity index (χ2v) is 9.35. The van der Waals surface area contributed by atoms with E-state index in [4.69, 9.17) is 15.5 Å². The van der Waals surface area contributed by atoms with Gasteiger partial charge in [-0.2, -0.15) is 0 Å². The SMILES string of the molecule is COc1ccc(-c2nc3c(s2)C(NC(=O)C2CCCCC2(C)N)CCC3)cc1.Cl. The summed E-state index contributed by atoms with van der Waals surface area (Å²) in [5.74, 6) is 0.857. The quantitative estimate of drug-likeness (QED) is 0.733. The van der Waals surface area contributed by atoms with E-state index in [1.807, 2.05) is 31.2 Å². The van der Waals surface area contributed by atoms with E-state index in [-0.39, 0.29) is 30.3 Å². The molecule has 4 rings (SSSR count). The van der Waals surface area contributed by atoms with E-state index < -0.39 is 5.54 Å². The zero-order chi connectivity index (χ0) is 19.7. The first-order valence-corrected chi connectivity index (χ1v) is 11.0. The molecule has 3 N–H and O–H groups in total. The number of hydrogen-bond donors (Lipinski definition) is 2. The maximum absolute atomic E-state index is 13.0. The van der Waals surface area contributed by atoms with Crippen molar-refractivity contribution in [2.75, 3.05) is 7.11 Å². The molecule has 1 amide bonds. The Labute approximate surface area is 182 Å². The lowest BCUT2D eigenvalue weighted by atomic mass is 9.74. The van der Waals surface area contributed by atoms with Crippen LogP contribution in [-0.2, 0) is 11.2 Å². The van der Waals surface area contributed by atoms with Gasteiger partial charge < -0.3 is 15.8 Å². The Bertz CT molecular complexity index is 850. The molecule has 5 nitrogen and oxygen atoms in total. The van der Waals surface area contributed by atoms with Crippen molar-refractivity contribution in [1.82, 2.24) is 10.3 Å². The van der Waals surface area contributed by atoms with Gasteiger partial charge in [-0.15, -0.1) is 23.7 Å². The molecule has 0 radical (unpaired) electrons. The first kappa shape index (κ1) is 22.1. The highest BCUT2D eigenvalue weighted by Crippen LogP contribution is 2.39. The summed E-state index contributed by atoms with van der Waals surface area (Å²) in [5.41, 5.74) is 8.27. The summed E-state index contributed by atoms with van der Waals surface area (Å²) < 4.78 is 5.25. The number of carbonyl (C=O) groups excluding carboxylic acids is 1. The highest BCUT2D eigenvalue weighted by molar-refractivity contribution is 7.15. The number of amides is 1. The molecule has 2 aliphatic rings. The Morgan fingerprint density at radius 1 is 1.24 bits per heavy atom. The maximum Gasteiger partial charge on any atom is 0.225 e. The third kappa shape index (κ3) is 4.60. The van der Waals surface area contributed by atoms with Crippen molar-refractivity contribution in [3.05, 3.63) is 34.8 Å². The van der Waals surface area contributed by atoms with E-state index in [2.05, 4.69) is 5.32 Å². The summed E-state index contributed by atoms with van der Waals surface area (Å²) >= 11 is 1.70. The second-order valence-electron chi connectivity index (χ2n) is 8.32. The zero-order valence-electron chi connectivity index (χ0n) is 17.1. The molecule has 1 heterocycles. The predicted molar refractivity (Wildman–Crippen MR) is 120 cm³/mol. The molecular weight excluding hydrogens is 406 g/mol. The molecule has 1 aromatic carbocycles. The van der Waals surface area contributed by atoms with E-state index in [1.165, 1.54) is 4.88 Å². The van der Waals surface area contributed by atoms with Crippen LogP contribution in [0.25, 0.3) is 10.6 Å². The Morgan fingerprint density at radius 2 is 2.00 bits per heavy atom. The topological polar surface area (TPSA) is 77.2 Å². The number of carbonyl (C=O) groups is 1. The van der Waals surface area contributed by atoms with Crippen LogP contribution in [0.4, 0.5) is 0 Å². The Kier molecular flexibility index (Phi) is 6.87. The molecule has 2 aromatic rings. The van der Waals surface area contributed by atoms with Crippen molar-refractivity contribution < 1.29 is 9.53 Å². The van der Waals surface area contributed by atoms with Crippen molar-refractivity contribution in [1.29, 1.82) is 0 Å². The normalized spacial score (nSPS) is 26.2. The van der Waals surface area contributed by atoms with Gasteiger partial charge in [0.1, 0.15) is 10.8 Å². The van der Waals surface area contributed by atoms with Gasteiger partial charge in [0.15, 0.2) is 0 Å². The summed E-state index contributed by atoms with van der Waals surface area (Å²) in [4.78, 5) is 19.1. The molecule has 0 spiro atoms. The van der Waals surface area contributed by atoms with Gasteiger partial charge in [0.25, 0.3) is 0 Å². The second kappa shape index (κ2) is 9.02. The van der Waals surface area contributed by atoms with Gasteiger partial charge in [0.05, 0.1) is 29.6 Å². The lowest BCUT2D eigenvalue weighted by molar-refractivity contribution is -0.129. The molecule has 0 bridgehead atoms. The standard InChI is InChI=1S/C22H29N3O2S.ClH/c1-22(23)13-4-3-6-16(22)20(26)24-17-7-5-8-18-19(17)28-21(25-18)14-9-11-15(27-2)12-10-14;/h9-12,16-17H,3-8,13,23H2,1-2H3,(H,24,26);1H. The Hall–Kier alpha value is -1.63. The fraction of sp³-hybridized carbons (Fsp3) is 0.545. The maximum atomic E-state index is 13.0. The monoisotopic (exact) mass is 435 g/mol. The zero-order valence-corrected chi connectivity index (χ0v) is 18.7. The first-order valence-electron chi connectivity index (χ1n) is 10.2. The predicted octanol–water partition coefficient (Wildman–Crippen LogP) is 4.64. The van der Waals surface area contributed by atoms with E-state index in [0.717, 1.165) is 67.0 Å². The average molecular weight is 436 g/mol. The lowest BCUT2D eigenvalue weighted by Gasteiger charge is -2.38. The van der Waals surface area contributed by atoms with Gasteiger partial charge in [-0.25, -0.2) is 4.98 Å². The van der Waals surface area contributed by atoms with E-state index in [9.17, 15) is 4.79 Å². The molecule has 0 aliphatic heterocycles. The number of hydrogen-bond acceptors (Lipinski definition) is 5. The summed E-state index contributed by atoms with van der Waals surface area (Å²) in [6.45, 7) is 2.02. The highest BCUT2D eigenvalue weighted by atomic mass is 35.5. The van der Waals surface area contributed by atoms with Crippen LogP contribution in [0, 0.1) is 5.92 Å². The Balaban J connectivity index is 0.00000240. The largest absolute Gasteiger partial charge is 0.497 e. The summed E-state index contributed by atoms with van der Waals surface area (Å²) in [6, 6.07) is 8.05. The number of aromatic nitrogens is 1. The van der Waals surface area contributed by atoms with Gasteiger partial charge in [-0.3, -0.25) is 4.79 Å². The molecule has 2 aliphatic carbocycles. The number of nitrogens with two attached hydrogens (primary N) is 1. The molecule has 7 heteroatoms. The molecule has 1 aromatic heterocycles. The van der Waals surface area contributed by atoms with Crippen molar-refractivity contribution >= 4 is 29.7 Å². The molecule has 0 saturated heterocycles. The summed E-state index contributed by atoms with van der Waals surface area (Å²) in [5, 5.41) is 4.32. The van der Waals surface area contributed by atoms with Gasteiger partial charge in [0, 0.05) is 11.1 Å². The van der Waals surface area contributed by atoms with Crippen LogP contribution in [0.3, 0.4) is 0 Å². The van der Waals surface area contributed by atoms with Gasteiger partial charge in [0.2, 0.25) is 5.91 Å². The van der Waals surface area contributed by atoms with Crippen LogP contribution >= 0.6 is 23.7 Å². The van der Waals surface area contributed by atoms with E-state index >= 15 is 0 Å². The van der Waals surface area contributed by atoms with Crippen LogP contribution in [0.5, 0.6) is 5.75 Å². The number of aryl methyl sites for hydroxylation is 1. The number of ether oxygens (including phenoxy) is 1. The number of fused-ring (bicyclic) bond motifs is 1. The average Bonchev–Trinajstić information content (AvgIpc) is 3.13. The molecule has 3 atom stereocenters. The van der Waals surface area contributed by atoms with Crippen LogP contribution in [-0.4, -0.2) is 23.5 Å². The minimum atomic E-state index is -0.401. The lowest BCUT2D eigenvalue weighted by Crippen LogP contribution is -2.53. The number of nitrogens with zero attached hydrogens (tertiary/aromatic N) is 1. The summed E-state index contributed by atoms with van der Waals surface area (Å²) in [6.07, 6.45) is 7.01. The minimum absolute atomic E-state index is 0. The number of halogens is 1. The van der Waals surface area contributed by atoms with Crippen molar-refractivity contribution in [3.63, 3.8) is 0 Å². The molecule has 1 fully saturated rings. The van der Waals surface area contributed by atoms with Crippen molar-refractivity contribution in [3.8, 4) is 16.3 Å². The van der Waals surface area contributed by atoms with Gasteiger partial charge in [-0.1, -0.05) is 12.8 Å². The summed E-state index contributed by atoms with van der Waals surface area (Å²) in [7, 11) is 1.67. The van der Waals surface area contributed by atoms with Crippen LogP contribution in [0.1, 0.15) is 62.1 Å². The third-order valence-corrected chi connectivity index (χ3v) is 7.44. The number of benzene rings is 1. The number of rotatable bonds is 4. The van der Waals surface area contributed by atoms with Crippen LogP contribution in [0.2, 0.25) is 0 Å². The molecule has 158 valence electrons.